The minimum atomic E-state index is -0.253. The first kappa shape index (κ1) is 100. The summed E-state index contributed by atoms with van der Waals surface area (Å²) < 4.78 is 11.1. The summed E-state index contributed by atoms with van der Waals surface area (Å²) in [7, 11) is 2.10. The zero-order valence-corrected chi connectivity index (χ0v) is 78.1. The van der Waals surface area contributed by atoms with E-state index in [1.807, 2.05) is 205 Å². The third-order valence-electron chi connectivity index (χ3n) is 23.5. The zero-order chi connectivity index (χ0) is 85.9. The first-order valence-corrected chi connectivity index (χ1v) is 44.4. The van der Waals surface area contributed by atoms with Crippen molar-refractivity contribution in [2.75, 3.05) is 217 Å². The number of nitrogens with zero attached hydrogens (tertiary/aromatic N) is 13. The summed E-state index contributed by atoms with van der Waals surface area (Å²) in [6, 6.07) is 1.44. The molecule has 24 heteroatoms. The molecule has 2 unspecified atom stereocenters. The molecule has 12 aliphatic rings. The molecule has 12 rings (SSSR count). The highest BCUT2D eigenvalue weighted by Gasteiger charge is 2.48. The summed E-state index contributed by atoms with van der Waals surface area (Å²) in [6.45, 7) is 84.9. The maximum Gasteiger partial charge on any atom is 0.228 e. The van der Waals surface area contributed by atoms with E-state index in [1.165, 1.54) is 32.2 Å². The lowest BCUT2D eigenvalue weighted by atomic mass is 9.72. The van der Waals surface area contributed by atoms with Crippen molar-refractivity contribution in [3.05, 3.63) is 0 Å². The molecule has 10 aliphatic heterocycles. The summed E-state index contributed by atoms with van der Waals surface area (Å²) >= 11 is 0. The number of hydrogen-bond acceptors (Lipinski definition) is 16. The zero-order valence-electron chi connectivity index (χ0n) is 78.1. The molecule has 0 aromatic heterocycles. The fraction of sp³-hybridized carbons (Fsp3) is 0.911. The van der Waals surface area contributed by atoms with E-state index in [4.69, 9.17) is 9.47 Å². The van der Waals surface area contributed by atoms with Crippen molar-refractivity contribution in [1.29, 1.82) is 0 Å². The molecule has 0 aromatic rings. The van der Waals surface area contributed by atoms with Crippen LogP contribution in [0, 0.1) is 54.7 Å². The second-order valence-corrected chi connectivity index (χ2v) is 43.3. The van der Waals surface area contributed by atoms with Crippen LogP contribution in [0.5, 0.6) is 0 Å². The SMILES string of the molecule is CC(C)(C)C(=O)N1CC2(CCOCC2)C1.CC(C)(C)C(=O)N1CC2CCC(C1)O2.CC(C)(C)C(=O)N1CCN(C2CC2)CC1.CC(C)(C)C(=O)N1CCN(CC2CC2)CC1.CC(C)(C)C(=O)N1CCNCC1.CC(C)N1CCN(C(=O)C(C)(C)C)CC1.CCN1CCN(C(=O)C(C)(C)C)CC1.CN1CCN(C(=O)C(C)(C)C)CC1. The predicted octanol–water partition coefficient (Wildman–Crippen LogP) is 10.1. The van der Waals surface area contributed by atoms with Crippen LogP contribution in [-0.4, -0.2) is 352 Å². The highest BCUT2D eigenvalue weighted by Crippen LogP contribution is 2.42. The number of carbonyl (C=O) groups is 8. The molecule has 114 heavy (non-hydrogen) atoms. The average Bonchev–Trinajstić information content (AvgIpc) is 0.956. The van der Waals surface area contributed by atoms with Crippen LogP contribution in [0.25, 0.3) is 0 Å². The Morgan fingerprint density at radius 1 is 0.360 bits per heavy atom. The average molecular weight is 1610 g/mol. The van der Waals surface area contributed by atoms with Gasteiger partial charge in [-0.15, -0.1) is 0 Å². The van der Waals surface area contributed by atoms with Gasteiger partial charge in [0.05, 0.1) is 12.2 Å². The number of carbonyl (C=O) groups excluding carboxylic acids is 8. The van der Waals surface area contributed by atoms with Crippen molar-refractivity contribution in [1.82, 2.24) is 69.0 Å². The molecular formula is C90H170N14O10. The summed E-state index contributed by atoms with van der Waals surface area (Å²) in [5, 5.41) is 3.23. The van der Waals surface area contributed by atoms with Gasteiger partial charge < -0.3 is 63.8 Å². The van der Waals surface area contributed by atoms with Crippen molar-refractivity contribution < 1.29 is 47.8 Å². The van der Waals surface area contributed by atoms with Gasteiger partial charge in [0.1, 0.15) is 0 Å². The van der Waals surface area contributed by atoms with Crippen molar-refractivity contribution in [2.24, 2.45) is 54.7 Å². The van der Waals surface area contributed by atoms with Crippen molar-refractivity contribution >= 4 is 47.3 Å². The van der Waals surface area contributed by atoms with Gasteiger partial charge in [-0.2, -0.15) is 0 Å². The predicted molar refractivity (Wildman–Crippen MR) is 462 cm³/mol. The minimum absolute atomic E-state index is 0.220. The Balaban J connectivity index is 0.000000233. The van der Waals surface area contributed by atoms with Crippen LogP contribution in [0.15, 0.2) is 0 Å². The maximum absolute atomic E-state index is 12.1. The monoisotopic (exact) mass is 1610 g/mol. The van der Waals surface area contributed by atoms with Crippen LogP contribution in [0.3, 0.4) is 0 Å². The lowest BCUT2D eigenvalue weighted by molar-refractivity contribution is -0.158. The molecule has 0 radical (unpaired) electrons. The van der Waals surface area contributed by atoms with Crippen molar-refractivity contribution in [2.45, 2.75) is 263 Å². The fourth-order valence-corrected chi connectivity index (χ4v) is 15.7. The Morgan fingerprint density at radius 2 is 0.658 bits per heavy atom. The number of rotatable bonds is 5. The van der Waals surface area contributed by atoms with E-state index >= 15 is 0 Å². The Kier molecular flexibility index (Phi) is 37.8. The first-order chi connectivity index (χ1) is 52.5. The van der Waals surface area contributed by atoms with Gasteiger partial charge in [0.2, 0.25) is 47.3 Å². The lowest BCUT2D eigenvalue weighted by Crippen LogP contribution is -2.62. The van der Waals surface area contributed by atoms with E-state index in [0.717, 1.165) is 241 Å². The Hall–Kier alpha value is -4.56. The van der Waals surface area contributed by atoms with Crippen molar-refractivity contribution in [3.8, 4) is 0 Å². The van der Waals surface area contributed by atoms with Gasteiger partial charge in [-0.05, 0) is 84.7 Å². The number of ether oxygens (including phenoxy) is 2. The van der Waals surface area contributed by atoms with Crippen LogP contribution < -0.4 is 5.32 Å². The molecule has 2 bridgehead atoms. The number of likely N-dealkylation sites (tertiary alicyclic amines) is 2. The standard InChI is InChI=1S/C13H24N2O.C12H22N2O.C12H24N2O.C12H21NO2.C11H22N2O.C11H19NO2.C10H20N2O.C9H18N2O/c1-13(2,3)12(16)15-8-6-14(7-9-15)10-11-4-5-11;1-12(2,3)11(15)14-8-6-13(7-9-14)10-4-5-10;1-10(2)13-6-8-14(9-7-13)11(15)12(3,4)5;1-11(2,3)10(14)13-8-12(9-13)4-6-15-7-5-12;1-5-12-6-8-13(9-7-12)10(14)11(2,3)4;1-11(2,3)10(13)12-6-8-4-5-9(7-12)14-8;1-10(2,3)9(13)12-7-5-11(4)6-8-12;1-9(2,3)8(12)11-6-4-10-5-7-11/h11H,4-10H2,1-3H3;10H,4-9H2,1-3H3;10H,6-9H2,1-5H3;4-9H2,1-3H3;5-9H2,1-4H3;8-9H,4-7H2,1-3H3;5-8H2,1-4H3;10H,4-7H2,1-3H3. The minimum Gasteiger partial charge on any atom is -0.381 e. The van der Waals surface area contributed by atoms with Gasteiger partial charge >= 0.3 is 0 Å². The molecule has 0 aromatic carbocycles. The molecule has 24 nitrogen and oxygen atoms in total. The number of nitrogens with one attached hydrogen (secondary N) is 1. The van der Waals surface area contributed by atoms with Gasteiger partial charge in [0.25, 0.3) is 0 Å². The van der Waals surface area contributed by atoms with Gasteiger partial charge in [0, 0.05) is 264 Å². The lowest BCUT2D eigenvalue weighted by Gasteiger charge is -2.53. The topological polar surface area (TPSA) is 209 Å². The Labute approximate surface area is 694 Å². The number of fused-ring (bicyclic) bond motifs is 2. The van der Waals surface area contributed by atoms with E-state index in [1.54, 1.807) is 0 Å². The molecule has 660 valence electrons. The Bertz CT molecular complexity index is 2910. The quantitative estimate of drug-likeness (QED) is 0.271. The third-order valence-corrected chi connectivity index (χ3v) is 23.5. The smallest absolute Gasteiger partial charge is 0.228 e. The molecule has 10 heterocycles. The van der Waals surface area contributed by atoms with Crippen LogP contribution in [0.1, 0.15) is 238 Å². The molecule has 12 fully saturated rings. The van der Waals surface area contributed by atoms with Crippen LogP contribution in [-0.2, 0) is 47.8 Å². The van der Waals surface area contributed by atoms with Crippen LogP contribution in [0.4, 0.5) is 0 Å². The molecule has 2 atom stereocenters. The summed E-state index contributed by atoms with van der Waals surface area (Å²) in [6.07, 6.45) is 10.7. The van der Waals surface area contributed by atoms with Gasteiger partial charge in [-0.1, -0.05) is 173 Å². The molecule has 8 amide bonds. The van der Waals surface area contributed by atoms with E-state index < -0.39 is 0 Å². The Morgan fingerprint density at radius 3 is 0.974 bits per heavy atom. The van der Waals surface area contributed by atoms with Gasteiger partial charge in [-0.25, -0.2) is 0 Å². The van der Waals surface area contributed by atoms with Gasteiger partial charge in [-0.3, -0.25) is 53.1 Å². The van der Waals surface area contributed by atoms with Crippen LogP contribution >= 0.6 is 0 Å². The van der Waals surface area contributed by atoms with Gasteiger partial charge in [0.15, 0.2) is 0 Å². The highest BCUT2D eigenvalue weighted by molar-refractivity contribution is 5.85. The van der Waals surface area contributed by atoms with Crippen LogP contribution in [0.2, 0.25) is 0 Å². The second-order valence-electron chi connectivity index (χ2n) is 43.3. The van der Waals surface area contributed by atoms with E-state index in [-0.39, 0.29) is 72.9 Å². The molecule has 2 aliphatic carbocycles. The molecule has 2 saturated carbocycles. The summed E-state index contributed by atoms with van der Waals surface area (Å²) in [5.74, 6) is 3.24. The molecule has 1 N–H and O–H groups in total. The number of morpholine rings is 1. The van der Waals surface area contributed by atoms with E-state index in [9.17, 15) is 38.4 Å². The third kappa shape index (κ3) is 33.6. The number of hydrogen-bond donors (Lipinski definition) is 1. The second kappa shape index (κ2) is 43.1. The molecule has 1 spiro atoms. The number of likely N-dealkylation sites (N-methyl/N-ethyl adjacent to an activating group) is 2. The number of amides is 8. The summed E-state index contributed by atoms with van der Waals surface area (Å²) in [4.78, 5) is 124. The van der Waals surface area contributed by atoms with E-state index in [2.05, 4.69) is 57.6 Å². The number of piperazine rings is 6. The maximum atomic E-state index is 12.1. The largest absolute Gasteiger partial charge is 0.381 e. The van der Waals surface area contributed by atoms with E-state index in [0.29, 0.717) is 41.4 Å². The molecular weight excluding hydrogens is 1440 g/mol. The normalized spacial score (nSPS) is 23.2. The van der Waals surface area contributed by atoms with Crippen molar-refractivity contribution in [3.63, 3.8) is 0 Å². The summed E-state index contributed by atoms with van der Waals surface area (Å²) in [5.41, 5.74) is -1.44. The highest BCUT2D eigenvalue weighted by atomic mass is 16.5. The fourth-order valence-electron chi connectivity index (χ4n) is 15.7. The molecule has 10 saturated heterocycles. The first-order valence-electron chi connectivity index (χ1n) is 44.4.